The van der Waals surface area contributed by atoms with Gasteiger partial charge in [0, 0.05) is 11.1 Å². The summed E-state index contributed by atoms with van der Waals surface area (Å²) < 4.78 is 10.9. The van der Waals surface area contributed by atoms with E-state index in [1.807, 2.05) is 19.1 Å². The molecule has 1 aliphatic carbocycles. The van der Waals surface area contributed by atoms with Crippen LogP contribution in [0.15, 0.2) is 47.6 Å². The Hall–Kier alpha value is -2.43. The van der Waals surface area contributed by atoms with Crippen molar-refractivity contribution < 1.29 is 23.9 Å². The summed E-state index contributed by atoms with van der Waals surface area (Å²) in [6, 6.07) is 0. The van der Waals surface area contributed by atoms with Gasteiger partial charge in [0.25, 0.3) is 0 Å². The van der Waals surface area contributed by atoms with Crippen LogP contribution in [0.1, 0.15) is 27.2 Å². The van der Waals surface area contributed by atoms with Crippen molar-refractivity contribution in [2.45, 2.75) is 39.4 Å². The van der Waals surface area contributed by atoms with E-state index in [4.69, 9.17) is 9.47 Å². The van der Waals surface area contributed by atoms with Gasteiger partial charge in [-0.15, -0.1) is 0 Å². The molecule has 0 saturated carbocycles. The lowest BCUT2D eigenvalue weighted by Gasteiger charge is -2.25. The zero-order valence-corrected chi connectivity index (χ0v) is 14.2. The summed E-state index contributed by atoms with van der Waals surface area (Å²) in [6.07, 6.45) is 6.91. The average Bonchev–Trinajstić information content (AvgIpc) is 2.79. The van der Waals surface area contributed by atoms with Gasteiger partial charge in [0.2, 0.25) is 0 Å². The molecule has 0 aromatic heterocycles. The molecule has 0 aromatic rings. The van der Waals surface area contributed by atoms with E-state index in [1.165, 1.54) is 0 Å². The highest BCUT2D eigenvalue weighted by atomic mass is 16.6. The number of allylic oxidation sites excluding steroid dienone is 4. The first-order chi connectivity index (χ1) is 11.3. The van der Waals surface area contributed by atoms with Gasteiger partial charge < -0.3 is 9.47 Å². The standard InChI is InChI=1S/C19H22O5/c1-11(2)18(21)23-16-9-14(10-20)7-5-6-12(3)8-15-17(16)13(4)19(22)24-15/h5,7-11,15-17H,4,6H2,1-3H3/b7-5-,12-8-,14-9+/t15-,16-,17?/m1/s1. The van der Waals surface area contributed by atoms with Crippen molar-refractivity contribution in [1.82, 2.24) is 0 Å². The predicted octanol–water partition coefficient (Wildman–Crippen LogP) is 2.68. The first-order valence-electron chi connectivity index (χ1n) is 7.94. The quantitative estimate of drug-likeness (QED) is 0.344. The highest BCUT2D eigenvalue weighted by Crippen LogP contribution is 2.34. The molecule has 0 radical (unpaired) electrons. The van der Waals surface area contributed by atoms with E-state index < -0.39 is 30.1 Å². The van der Waals surface area contributed by atoms with Crippen molar-refractivity contribution in [3.05, 3.63) is 47.6 Å². The van der Waals surface area contributed by atoms with Crippen LogP contribution in [0.2, 0.25) is 0 Å². The monoisotopic (exact) mass is 330 g/mol. The van der Waals surface area contributed by atoms with Crippen molar-refractivity contribution in [3.63, 3.8) is 0 Å². The molecule has 2 aliphatic rings. The molecule has 0 N–H and O–H groups in total. The molecule has 1 unspecified atom stereocenters. The smallest absolute Gasteiger partial charge is 0.334 e. The molecule has 5 heteroatoms. The fourth-order valence-electron chi connectivity index (χ4n) is 2.66. The Morgan fingerprint density at radius 3 is 2.75 bits per heavy atom. The van der Waals surface area contributed by atoms with E-state index in [1.54, 1.807) is 26.0 Å². The average molecular weight is 330 g/mol. The normalized spacial score (nSPS) is 32.8. The number of hydrogen-bond donors (Lipinski definition) is 0. The molecule has 1 aliphatic heterocycles. The van der Waals surface area contributed by atoms with Crippen molar-refractivity contribution >= 4 is 18.2 Å². The van der Waals surface area contributed by atoms with Crippen LogP contribution >= 0.6 is 0 Å². The predicted molar refractivity (Wildman–Crippen MR) is 88.9 cm³/mol. The van der Waals surface area contributed by atoms with Gasteiger partial charge in [0.05, 0.1) is 11.8 Å². The molecule has 24 heavy (non-hydrogen) atoms. The van der Waals surface area contributed by atoms with Crippen LogP contribution in [-0.2, 0) is 23.9 Å². The number of fused-ring (bicyclic) bond motifs is 1. The first-order valence-corrected chi connectivity index (χ1v) is 7.94. The Bertz CT molecular complexity index is 651. The number of rotatable bonds is 3. The largest absolute Gasteiger partial charge is 0.457 e. The fraction of sp³-hybridized carbons (Fsp3) is 0.421. The Morgan fingerprint density at radius 1 is 1.42 bits per heavy atom. The maximum Gasteiger partial charge on any atom is 0.334 e. The molecule has 0 spiro atoms. The third-order valence-corrected chi connectivity index (χ3v) is 4.03. The molecule has 3 atom stereocenters. The molecule has 1 fully saturated rings. The Morgan fingerprint density at radius 2 is 2.12 bits per heavy atom. The Kier molecular flexibility index (Phi) is 5.54. The van der Waals surface area contributed by atoms with Gasteiger partial charge in [-0.05, 0) is 25.5 Å². The summed E-state index contributed by atoms with van der Waals surface area (Å²) in [5.41, 5.74) is 1.62. The first kappa shape index (κ1) is 17.9. The molecule has 0 aromatic carbocycles. The number of ether oxygens (including phenoxy) is 2. The summed E-state index contributed by atoms with van der Waals surface area (Å²) in [5.74, 6) is -1.79. The van der Waals surface area contributed by atoms with Crippen LogP contribution in [0.3, 0.4) is 0 Å². The van der Waals surface area contributed by atoms with E-state index in [9.17, 15) is 14.4 Å². The summed E-state index contributed by atoms with van der Waals surface area (Å²) in [7, 11) is 0. The second-order valence-electron chi connectivity index (χ2n) is 6.38. The van der Waals surface area contributed by atoms with E-state index in [0.29, 0.717) is 18.3 Å². The molecular formula is C19H22O5. The zero-order chi connectivity index (χ0) is 17.9. The van der Waals surface area contributed by atoms with Gasteiger partial charge in [0.1, 0.15) is 18.5 Å². The van der Waals surface area contributed by atoms with Gasteiger partial charge in [-0.1, -0.05) is 38.2 Å². The van der Waals surface area contributed by atoms with Gasteiger partial charge in [-0.2, -0.15) is 0 Å². The number of carbonyl (C=O) groups is 3. The van der Waals surface area contributed by atoms with Gasteiger partial charge in [0.15, 0.2) is 0 Å². The molecule has 128 valence electrons. The van der Waals surface area contributed by atoms with Gasteiger partial charge in [-0.3, -0.25) is 9.59 Å². The van der Waals surface area contributed by atoms with E-state index in [0.717, 1.165) is 5.57 Å². The molecular weight excluding hydrogens is 308 g/mol. The van der Waals surface area contributed by atoms with Crippen LogP contribution in [0, 0.1) is 11.8 Å². The lowest BCUT2D eigenvalue weighted by molar-refractivity contribution is -0.153. The van der Waals surface area contributed by atoms with Crippen molar-refractivity contribution in [2.75, 3.05) is 0 Å². The number of carbonyl (C=O) groups excluding carboxylic acids is 3. The topological polar surface area (TPSA) is 69.7 Å². The van der Waals surface area contributed by atoms with Crippen LogP contribution in [0.4, 0.5) is 0 Å². The van der Waals surface area contributed by atoms with E-state index in [-0.39, 0.29) is 11.5 Å². The Labute approximate surface area is 141 Å². The van der Waals surface area contributed by atoms with Crippen LogP contribution in [0.5, 0.6) is 0 Å². The molecule has 1 heterocycles. The van der Waals surface area contributed by atoms with Crippen LogP contribution < -0.4 is 0 Å². The summed E-state index contributed by atoms with van der Waals surface area (Å²) in [4.78, 5) is 35.3. The summed E-state index contributed by atoms with van der Waals surface area (Å²) in [6.45, 7) is 9.15. The fourth-order valence-corrected chi connectivity index (χ4v) is 2.66. The minimum absolute atomic E-state index is 0.247. The van der Waals surface area contributed by atoms with Crippen molar-refractivity contribution in [3.8, 4) is 0 Å². The molecule has 1 saturated heterocycles. The van der Waals surface area contributed by atoms with E-state index in [2.05, 4.69) is 6.58 Å². The maximum atomic E-state index is 12.1. The molecule has 2 rings (SSSR count). The van der Waals surface area contributed by atoms with Crippen molar-refractivity contribution in [2.24, 2.45) is 11.8 Å². The van der Waals surface area contributed by atoms with Gasteiger partial charge in [-0.25, -0.2) is 4.79 Å². The third-order valence-electron chi connectivity index (χ3n) is 4.03. The number of esters is 2. The minimum atomic E-state index is -0.796. The van der Waals surface area contributed by atoms with Crippen LogP contribution in [-0.4, -0.2) is 30.4 Å². The SMILES string of the molecule is C=C1C(=O)O[C@@H]2/C=C(/C)C/C=C\C(C=O)=C/[C@@H](OC(=O)C(C)C)C12. The van der Waals surface area contributed by atoms with Crippen molar-refractivity contribution in [1.29, 1.82) is 0 Å². The highest BCUT2D eigenvalue weighted by Gasteiger charge is 2.43. The maximum absolute atomic E-state index is 12.1. The second kappa shape index (κ2) is 7.43. The summed E-state index contributed by atoms with van der Waals surface area (Å²) in [5, 5.41) is 0. The van der Waals surface area contributed by atoms with E-state index >= 15 is 0 Å². The lowest BCUT2D eigenvalue weighted by Crippen LogP contribution is -2.33. The van der Waals surface area contributed by atoms with Crippen LogP contribution in [0.25, 0.3) is 0 Å². The number of hydrogen-bond acceptors (Lipinski definition) is 5. The lowest BCUT2D eigenvalue weighted by atomic mass is 9.88. The highest BCUT2D eigenvalue weighted by molar-refractivity contribution is 5.91. The summed E-state index contributed by atoms with van der Waals surface area (Å²) >= 11 is 0. The third kappa shape index (κ3) is 3.91. The second-order valence-corrected chi connectivity index (χ2v) is 6.38. The molecule has 0 amide bonds. The molecule has 0 bridgehead atoms. The molecule has 5 nitrogen and oxygen atoms in total. The Balaban J connectivity index is 2.49. The minimum Gasteiger partial charge on any atom is -0.457 e. The van der Waals surface area contributed by atoms with Gasteiger partial charge >= 0.3 is 11.9 Å². The number of aldehydes is 1. The zero-order valence-electron chi connectivity index (χ0n) is 14.2.